The van der Waals surface area contributed by atoms with Crippen LogP contribution in [0.3, 0.4) is 0 Å². The summed E-state index contributed by atoms with van der Waals surface area (Å²) in [6.45, 7) is 0. The van der Waals surface area contributed by atoms with E-state index in [4.69, 9.17) is 5.73 Å². The number of aromatic amines is 1. The highest BCUT2D eigenvalue weighted by atomic mass is 32.2. The van der Waals surface area contributed by atoms with E-state index in [-0.39, 0.29) is 11.4 Å². The number of hydrogen-bond acceptors (Lipinski definition) is 5. The second-order valence-electron chi connectivity index (χ2n) is 3.48. The number of hydrogen-bond donors (Lipinski definition) is 2. The number of ether oxygens (including phenoxy) is 1. The Hall–Kier alpha value is -1.34. The molecule has 0 aromatic carbocycles. The minimum Gasteiger partial charge on any atom is -0.468 e. The van der Waals surface area contributed by atoms with Crippen molar-refractivity contribution in [3.63, 3.8) is 0 Å². The van der Waals surface area contributed by atoms with Crippen molar-refractivity contribution in [3.8, 4) is 0 Å². The van der Waals surface area contributed by atoms with Gasteiger partial charge in [-0.15, -0.1) is 0 Å². The molecule has 0 unspecified atom stereocenters. The number of nitrogens with two attached hydrogens (primary N) is 1. The first-order valence-corrected chi connectivity index (χ1v) is 6.44. The Kier molecular flexibility index (Phi) is 3.71. The number of methoxy groups -OCH3 is 1. The zero-order valence-corrected chi connectivity index (χ0v) is 9.87. The molecule has 90 valence electrons. The zero-order valence-electron chi connectivity index (χ0n) is 9.06. The molecule has 0 spiro atoms. The number of nitrogens with one attached hydrogen (secondary N) is 1. The minimum absolute atomic E-state index is 0.111. The van der Waals surface area contributed by atoms with Gasteiger partial charge in [0, 0.05) is 12.5 Å². The fraction of sp³-hybridized carbons (Fsp3) is 0.444. The maximum Gasteiger partial charge on any atom is 0.322 e. The molecule has 0 bridgehead atoms. The molecule has 0 radical (unpaired) electrons. The molecule has 1 heterocycles. The monoisotopic (exact) mass is 246 g/mol. The first-order chi connectivity index (χ1) is 7.34. The van der Waals surface area contributed by atoms with Crippen molar-refractivity contribution in [1.82, 2.24) is 4.98 Å². The van der Waals surface area contributed by atoms with E-state index in [9.17, 15) is 13.2 Å². The van der Waals surface area contributed by atoms with Crippen molar-refractivity contribution in [2.75, 3.05) is 13.4 Å². The molecule has 0 aliphatic heterocycles. The van der Waals surface area contributed by atoms with Crippen molar-refractivity contribution < 1.29 is 17.9 Å². The summed E-state index contributed by atoms with van der Waals surface area (Å²) in [5.74, 6) is -0.526. The lowest BCUT2D eigenvalue weighted by Gasteiger charge is -2.06. The maximum atomic E-state index is 11.2. The topological polar surface area (TPSA) is 102 Å². The number of sulfone groups is 1. The summed E-state index contributed by atoms with van der Waals surface area (Å²) >= 11 is 0. The predicted octanol–water partition coefficient (Wildman–Crippen LogP) is -0.539. The number of carbonyl (C=O) groups is 1. The van der Waals surface area contributed by atoms with Gasteiger partial charge in [-0.25, -0.2) is 8.42 Å². The third-order valence-corrected chi connectivity index (χ3v) is 3.11. The van der Waals surface area contributed by atoms with E-state index >= 15 is 0 Å². The third-order valence-electron chi connectivity index (χ3n) is 2.08. The van der Waals surface area contributed by atoms with Gasteiger partial charge >= 0.3 is 5.97 Å². The normalized spacial score (nSPS) is 13.4. The zero-order chi connectivity index (χ0) is 12.3. The molecule has 6 nitrogen and oxygen atoms in total. The Morgan fingerprint density at radius 2 is 2.25 bits per heavy atom. The van der Waals surface area contributed by atoms with Crippen molar-refractivity contribution in [2.24, 2.45) is 5.73 Å². The quantitative estimate of drug-likeness (QED) is 0.695. The molecule has 7 heteroatoms. The Morgan fingerprint density at radius 3 is 2.69 bits per heavy atom. The molecule has 0 amide bonds. The molecule has 0 saturated carbocycles. The Labute approximate surface area is 93.7 Å². The molecule has 0 aliphatic rings. The number of H-pyrrole nitrogens is 1. The van der Waals surface area contributed by atoms with Crippen LogP contribution in [0.1, 0.15) is 5.56 Å². The van der Waals surface area contributed by atoms with Gasteiger partial charge in [-0.1, -0.05) is 0 Å². The van der Waals surface area contributed by atoms with Gasteiger partial charge in [0.25, 0.3) is 0 Å². The second-order valence-corrected chi connectivity index (χ2v) is 5.46. The fourth-order valence-corrected chi connectivity index (χ4v) is 1.87. The summed E-state index contributed by atoms with van der Waals surface area (Å²) in [7, 11) is -2.00. The SMILES string of the molecule is COC(=O)[C@@H](N)Cc1c[nH]c(S(C)(=O)=O)c1. The number of esters is 1. The van der Waals surface area contributed by atoms with Crippen LogP contribution in [0.25, 0.3) is 0 Å². The molecule has 1 atom stereocenters. The average Bonchev–Trinajstić information content (AvgIpc) is 2.64. The summed E-state index contributed by atoms with van der Waals surface area (Å²) in [4.78, 5) is 13.7. The largest absolute Gasteiger partial charge is 0.468 e. The summed E-state index contributed by atoms with van der Waals surface area (Å²) < 4.78 is 26.8. The lowest BCUT2D eigenvalue weighted by molar-refractivity contribution is -0.142. The molecule has 0 saturated heterocycles. The van der Waals surface area contributed by atoms with Crippen LogP contribution in [0, 0.1) is 0 Å². The first kappa shape index (κ1) is 12.7. The highest BCUT2D eigenvalue weighted by Gasteiger charge is 2.16. The molecule has 3 N–H and O–H groups in total. The number of carbonyl (C=O) groups excluding carboxylic acids is 1. The standard InChI is InChI=1S/C9H14N2O4S/c1-15-9(12)7(10)3-6-4-8(11-5-6)16(2,13)14/h4-5,7,11H,3,10H2,1-2H3/t7-/m0/s1. The van der Waals surface area contributed by atoms with Crippen molar-refractivity contribution in [3.05, 3.63) is 17.8 Å². The molecule has 1 aromatic heterocycles. The van der Waals surface area contributed by atoms with E-state index in [0.717, 1.165) is 6.26 Å². The summed E-state index contributed by atoms with van der Waals surface area (Å²) in [6.07, 6.45) is 2.85. The van der Waals surface area contributed by atoms with Crippen molar-refractivity contribution in [2.45, 2.75) is 17.5 Å². The smallest absolute Gasteiger partial charge is 0.322 e. The van der Waals surface area contributed by atoms with Crippen LogP contribution in [0.4, 0.5) is 0 Å². The number of rotatable bonds is 4. The van der Waals surface area contributed by atoms with Crippen LogP contribution in [-0.4, -0.2) is 38.8 Å². The van der Waals surface area contributed by atoms with E-state index in [1.165, 1.54) is 19.4 Å². The average molecular weight is 246 g/mol. The lowest BCUT2D eigenvalue weighted by Crippen LogP contribution is -2.33. The molecular weight excluding hydrogens is 232 g/mol. The highest BCUT2D eigenvalue weighted by Crippen LogP contribution is 2.11. The molecule has 0 aliphatic carbocycles. The van der Waals surface area contributed by atoms with Gasteiger partial charge in [0.2, 0.25) is 0 Å². The summed E-state index contributed by atoms with van der Waals surface area (Å²) in [6, 6.07) is 0.672. The highest BCUT2D eigenvalue weighted by molar-refractivity contribution is 7.90. The summed E-state index contributed by atoms with van der Waals surface area (Å²) in [5, 5.41) is 0.111. The van der Waals surface area contributed by atoms with Gasteiger partial charge < -0.3 is 15.5 Å². The van der Waals surface area contributed by atoms with Gasteiger partial charge in [0.1, 0.15) is 11.1 Å². The summed E-state index contributed by atoms with van der Waals surface area (Å²) in [5.41, 5.74) is 6.19. The molecule has 1 rings (SSSR count). The Balaban J connectivity index is 2.77. The fourth-order valence-electron chi connectivity index (χ4n) is 1.24. The number of aromatic nitrogens is 1. The molecule has 0 fully saturated rings. The van der Waals surface area contributed by atoms with Crippen LogP contribution in [0.5, 0.6) is 0 Å². The van der Waals surface area contributed by atoms with Crippen molar-refractivity contribution in [1.29, 1.82) is 0 Å². The van der Waals surface area contributed by atoms with E-state index in [0.29, 0.717) is 5.56 Å². The van der Waals surface area contributed by atoms with E-state index in [1.54, 1.807) is 0 Å². The van der Waals surface area contributed by atoms with Gasteiger partial charge in [0.05, 0.1) is 7.11 Å². The van der Waals surface area contributed by atoms with Crippen LogP contribution < -0.4 is 5.73 Å². The van der Waals surface area contributed by atoms with Gasteiger partial charge in [-0.3, -0.25) is 4.79 Å². The lowest BCUT2D eigenvalue weighted by atomic mass is 10.1. The van der Waals surface area contributed by atoms with Crippen LogP contribution >= 0.6 is 0 Å². The van der Waals surface area contributed by atoms with Crippen LogP contribution in [0.2, 0.25) is 0 Å². The molecular formula is C9H14N2O4S. The third kappa shape index (κ3) is 3.07. The minimum atomic E-state index is -3.26. The predicted molar refractivity (Wildman–Crippen MR) is 57.6 cm³/mol. The second kappa shape index (κ2) is 4.67. The van der Waals surface area contributed by atoms with Crippen molar-refractivity contribution >= 4 is 15.8 Å². The first-order valence-electron chi connectivity index (χ1n) is 4.55. The van der Waals surface area contributed by atoms with E-state index in [2.05, 4.69) is 9.72 Å². The van der Waals surface area contributed by atoms with Gasteiger partial charge in [-0.2, -0.15) is 0 Å². The molecule has 1 aromatic rings. The van der Waals surface area contributed by atoms with E-state index < -0.39 is 21.8 Å². The molecule has 16 heavy (non-hydrogen) atoms. The van der Waals surface area contributed by atoms with E-state index in [1.807, 2.05) is 0 Å². The Morgan fingerprint density at radius 1 is 1.62 bits per heavy atom. The van der Waals surface area contributed by atoms with Crippen LogP contribution in [0.15, 0.2) is 17.3 Å². The maximum absolute atomic E-state index is 11.2. The van der Waals surface area contributed by atoms with Crippen LogP contribution in [-0.2, 0) is 25.8 Å². The Bertz CT molecular complexity index is 477. The van der Waals surface area contributed by atoms with Gasteiger partial charge in [-0.05, 0) is 18.1 Å². The van der Waals surface area contributed by atoms with Gasteiger partial charge in [0.15, 0.2) is 9.84 Å².